The van der Waals surface area contributed by atoms with Gasteiger partial charge in [0, 0.05) is 25.5 Å². The van der Waals surface area contributed by atoms with E-state index in [1.165, 1.54) is 10.6 Å². The lowest BCUT2D eigenvalue weighted by molar-refractivity contribution is 0.0750. The van der Waals surface area contributed by atoms with Crippen LogP contribution in [0.25, 0.3) is 5.65 Å². The van der Waals surface area contributed by atoms with Gasteiger partial charge in [0.25, 0.3) is 11.5 Å². The fraction of sp³-hybridized carbons (Fsp3) is 0.211. The van der Waals surface area contributed by atoms with E-state index in [9.17, 15) is 9.59 Å². The smallest absolute Gasteiger partial charge is 0.270 e. The summed E-state index contributed by atoms with van der Waals surface area (Å²) in [5, 5.41) is 0. The van der Waals surface area contributed by atoms with Crippen molar-refractivity contribution in [2.24, 2.45) is 0 Å². The standard InChI is InChI=1S/C19H19N3O2/c1-3-21(13-15-9-5-4-8-14(15)2)18(23)16-12-20-17-10-6-7-11-22(17)19(16)24/h4-12H,3,13H2,1-2H3. The van der Waals surface area contributed by atoms with Crippen molar-refractivity contribution in [3.63, 3.8) is 0 Å². The van der Waals surface area contributed by atoms with E-state index in [-0.39, 0.29) is 17.0 Å². The number of carbonyl (C=O) groups excluding carboxylic acids is 1. The zero-order valence-corrected chi connectivity index (χ0v) is 13.8. The molecule has 0 bridgehead atoms. The molecule has 0 N–H and O–H groups in total. The number of benzene rings is 1. The van der Waals surface area contributed by atoms with Crippen LogP contribution in [0, 0.1) is 6.92 Å². The number of hydrogen-bond donors (Lipinski definition) is 0. The summed E-state index contributed by atoms with van der Waals surface area (Å²) in [6, 6.07) is 13.2. The molecule has 0 saturated heterocycles. The molecule has 2 heterocycles. The molecule has 0 aliphatic heterocycles. The fourth-order valence-corrected chi connectivity index (χ4v) is 2.66. The molecular weight excluding hydrogens is 302 g/mol. The van der Waals surface area contributed by atoms with Crippen LogP contribution in [0.3, 0.4) is 0 Å². The molecule has 0 aliphatic rings. The van der Waals surface area contributed by atoms with Gasteiger partial charge in [-0.25, -0.2) is 4.98 Å². The highest BCUT2D eigenvalue weighted by Gasteiger charge is 2.19. The fourth-order valence-electron chi connectivity index (χ4n) is 2.66. The summed E-state index contributed by atoms with van der Waals surface area (Å²) in [6.45, 7) is 4.91. The van der Waals surface area contributed by atoms with Crippen LogP contribution in [0.5, 0.6) is 0 Å². The maximum atomic E-state index is 12.8. The molecule has 1 amide bonds. The highest BCUT2D eigenvalue weighted by Crippen LogP contribution is 2.12. The molecule has 3 aromatic rings. The summed E-state index contributed by atoms with van der Waals surface area (Å²) in [4.78, 5) is 31.3. The van der Waals surface area contributed by atoms with E-state index >= 15 is 0 Å². The number of carbonyl (C=O) groups is 1. The SMILES string of the molecule is CCN(Cc1ccccc1C)C(=O)c1cnc2ccccn2c1=O. The first-order chi connectivity index (χ1) is 11.6. The van der Waals surface area contributed by atoms with E-state index in [1.807, 2.05) is 38.1 Å². The van der Waals surface area contributed by atoms with E-state index in [2.05, 4.69) is 4.98 Å². The number of nitrogens with zero attached hydrogens (tertiary/aromatic N) is 3. The molecule has 122 valence electrons. The topological polar surface area (TPSA) is 54.7 Å². The molecule has 0 aliphatic carbocycles. The van der Waals surface area contributed by atoms with Gasteiger partial charge in [-0.1, -0.05) is 30.3 Å². The largest absolute Gasteiger partial charge is 0.334 e. The lowest BCUT2D eigenvalue weighted by Crippen LogP contribution is -2.35. The Labute approximate surface area is 140 Å². The number of rotatable bonds is 4. The predicted molar refractivity (Wildman–Crippen MR) is 93.1 cm³/mol. The summed E-state index contributed by atoms with van der Waals surface area (Å²) < 4.78 is 1.40. The lowest BCUT2D eigenvalue weighted by atomic mass is 10.1. The van der Waals surface area contributed by atoms with Gasteiger partial charge in [0.05, 0.1) is 0 Å². The number of fused-ring (bicyclic) bond motifs is 1. The first kappa shape index (κ1) is 15.9. The maximum absolute atomic E-state index is 12.8. The molecule has 0 radical (unpaired) electrons. The van der Waals surface area contributed by atoms with E-state index in [1.54, 1.807) is 29.3 Å². The van der Waals surface area contributed by atoms with Gasteiger partial charge in [-0.15, -0.1) is 0 Å². The molecule has 0 atom stereocenters. The summed E-state index contributed by atoms with van der Waals surface area (Å²) in [5.41, 5.74) is 2.47. The maximum Gasteiger partial charge on any atom is 0.270 e. The van der Waals surface area contributed by atoms with Gasteiger partial charge >= 0.3 is 0 Å². The monoisotopic (exact) mass is 321 g/mol. The molecule has 5 heteroatoms. The van der Waals surface area contributed by atoms with E-state index in [4.69, 9.17) is 0 Å². The zero-order chi connectivity index (χ0) is 17.1. The zero-order valence-electron chi connectivity index (χ0n) is 13.8. The third-order valence-corrected chi connectivity index (χ3v) is 4.14. The van der Waals surface area contributed by atoms with Gasteiger partial charge in [0.15, 0.2) is 0 Å². The van der Waals surface area contributed by atoms with Gasteiger partial charge in [-0.2, -0.15) is 0 Å². The number of hydrogen-bond acceptors (Lipinski definition) is 3. The van der Waals surface area contributed by atoms with Crippen LogP contribution < -0.4 is 5.56 Å². The second-order valence-corrected chi connectivity index (χ2v) is 5.65. The second kappa shape index (κ2) is 6.66. The minimum Gasteiger partial charge on any atom is -0.334 e. The van der Waals surface area contributed by atoms with Crippen molar-refractivity contribution in [3.05, 3.63) is 81.9 Å². The van der Waals surface area contributed by atoms with Crippen LogP contribution in [0.2, 0.25) is 0 Å². The number of aromatic nitrogens is 2. The van der Waals surface area contributed by atoms with Crippen molar-refractivity contribution in [1.29, 1.82) is 0 Å². The van der Waals surface area contributed by atoms with Crippen molar-refractivity contribution in [2.45, 2.75) is 20.4 Å². The Morgan fingerprint density at radius 1 is 1.17 bits per heavy atom. The molecule has 1 aromatic carbocycles. The molecule has 0 fully saturated rings. The quantitative estimate of drug-likeness (QED) is 0.742. The van der Waals surface area contributed by atoms with Crippen molar-refractivity contribution < 1.29 is 4.79 Å². The Bertz CT molecular complexity index is 946. The summed E-state index contributed by atoms with van der Waals surface area (Å²) >= 11 is 0. The Hall–Kier alpha value is -2.95. The van der Waals surface area contributed by atoms with Crippen LogP contribution in [-0.4, -0.2) is 26.7 Å². The first-order valence-electron chi connectivity index (χ1n) is 7.92. The number of amides is 1. The van der Waals surface area contributed by atoms with E-state index in [0.29, 0.717) is 18.7 Å². The third-order valence-electron chi connectivity index (χ3n) is 4.14. The average molecular weight is 321 g/mol. The van der Waals surface area contributed by atoms with Crippen LogP contribution in [0.1, 0.15) is 28.4 Å². The van der Waals surface area contributed by atoms with Crippen molar-refractivity contribution in [2.75, 3.05) is 6.54 Å². The van der Waals surface area contributed by atoms with E-state index < -0.39 is 0 Å². The molecule has 0 spiro atoms. The minimum absolute atomic E-state index is 0.0918. The second-order valence-electron chi connectivity index (χ2n) is 5.65. The molecule has 2 aromatic heterocycles. The molecule has 0 saturated carbocycles. The summed E-state index contributed by atoms with van der Waals surface area (Å²) in [7, 11) is 0. The van der Waals surface area contributed by atoms with Crippen molar-refractivity contribution in [3.8, 4) is 0 Å². The molecule has 24 heavy (non-hydrogen) atoms. The Morgan fingerprint density at radius 2 is 1.92 bits per heavy atom. The van der Waals surface area contributed by atoms with Gasteiger partial charge in [-0.05, 0) is 37.1 Å². The highest BCUT2D eigenvalue weighted by molar-refractivity contribution is 5.93. The van der Waals surface area contributed by atoms with Gasteiger partial charge < -0.3 is 4.90 Å². The van der Waals surface area contributed by atoms with Crippen LogP contribution in [-0.2, 0) is 6.54 Å². The normalized spacial score (nSPS) is 10.8. The summed E-state index contributed by atoms with van der Waals surface area (Å²) in [5.74, 6) is -0.295. The lowest BCUT2D eigenvalue weighted by Gasteiger charge is -2.21. The Balaban J connectivity index is 1.96. The molecule has 3 rings (SSSR count). The predicted octanol–water partition coefficient (Wildman–Crippen LogP) is 2.67. The molecule has 5 nitrogen and oxygen atoms in total. The first-order valence-corrected chi connectivity index (χ1v) is 7.92. The molecular formula is C19H19N3O2. The van der Waals surface area contributed by atoms with Crippen LogP contribution in [0.15, 0.2) is 59.7 Å². The Kier molecular flexibility index (Phi) is 4.42. The molecule has 0 unspecified atom stereocenters. The van der Waals surface area contributed by atoms with Crippen LogP contribution >= 0.6 is 0 Å². The highest BCUT2D eigenvalue weighted by atomic mass is 16.2. The number of pyridine rings is 1. The van der Waals surface area contributed by atoms with Gasteiger partial charge in [0.1, 0.15) is 11.2 Å². The van der Waals surface area contributed by atoms with Crippen molar-refractivity contribution in [1.82, 2.24) is 14.3 Å². The third kappa shape index (κ3) is 2.93. The van der Waals surface area contributed by atoms with Crippen LogP contribution in [0.4, 0.5) is 0 Å². The number of aryl methyl sites for hydroxylation is 1. The van der Waals surface area contributed by atoms with Gasteiger partial charge in [0.2, 0.25) is 0 Å². The minimum atomic E-state index is -0.339. The van der Waals surface area contributed by atoms with Crippen molar-refractivity contribution >= 4 is 11.6 Å². The van der Waals surface area contributed by atoms with E-state index in [0.717, 1.165) is 11.1 Å². The van der Waals surface area contributed by atoms with Gasteiger partial charge in [-0.3, -0.25) is 14.0 Å². The average Bonchev–Trinajstić information content (AvgIpc) is 2.61. The summed E-state index contributed by atoms with van der Waals surface area (Å²) in [6.07, 6.45) is 3.00. The Morgan fingerprint density at radius 3 is 2.67 bits per heavy atom.